The first kappa shape index (κ1) is 26.4. The molecule has 0 spiro atoms. The lowest BCUT2D eigenvalue weighted by molar-refractivity contribution is 0.0240. The van der Waals surface area contributed by atoms with Crippen molar-refractivity contribution in [2.45, 2.75) is 40.2 Å². The van der Waals surface area contributed by atoms with Gasteiger partial charge in [0.1, 0.15) is 5.69 Å². The van der Waals surface area contributed by atoms with Crippen LogP contribution in [0, 0.1) is 6.92 Å². The number of carbonyl (C=O) groups is 1. The van der Waals surface area contributed by atoms with Crippen LogP contribution in [0.4, 0.5) is 11.4 Å². The molecule has 3 aromatic carbocycles. The summed E-state index contributed by atoms with van der Waals surface area (Å²) < 4.78 is 6.35. The van der Waals surface area contributed by atoms with E-state index in [1.807, 2.05) is 37.3 Å². The van der Waals surface area contributed by atoms with Gasteiger partial charge in [0.2, 0.25) is 5.60 Å². The molecule has 2 heterocycles. The summed E-state index contributed by atoms with van der Waals surface area (Å²) >= 11 is 0. The lowest BCUT2D eigenvalue weighted by Gasteiger charge is -2.31. The molecule has 0 atom stereocenters. The maximum atomic E-state index is 13.5. The average molecular weight is 521 g/mol. The first-order valence-electron chi connectivity index (χ1n) is 13.9. The Kier molecular flexibility index (Phi) is 7.38. The van der Waals surface area contributed by atoms with E-state index < -0.39 is 11.6 Å². The van der Waals surface area contributed by atoms with Crippen molar-refractivity contribution in [3.8, 4) is 11.3 Å². The lowest BCUT2D eigenvalue weighted by Crippen LogP contribution is -2.31. The van der Waals surface area contributed by atoms with Crippen LogP contribution in [-0.4, -0.2) is 42.1 Å². The van der Waals surface area contributed by atoms with E-state index in [9.17, 15) is 4.79 Å². The predicted octanol–water partition coefficient (Wildman–Crippen LogP) is 6.61. The Morgan fingerprint density at radius 1 is 0.667 bits per heavy atom. The van der Waals surface area contributed by atoms with Gasteiger partial charge in [0, 0.05) is 54.2 Å². The van der Waals surface area contributed by atoms with Crippen molar-refractivity contribution < 1.29 is 9.53 Å². The van der Waals surface area contributed by atoms with Crippen molar-refractivity contribution in [2.75, 3.05) is 36.0 Å². The zero-order valence-electron chi connectivity index (χ0n) is 23.4. The van der Waals surface area contributed by atoms with Crippen LogP contribution in [0.25, 0.3) is 11.3 Å². The smallest absolute Gasteiger partial charge is 0.360 e. The summed E-state index contributed by atoms with van der Waals surface area (Å²) in [5.74, 6) is -0.463. The average Bonchev–Trinajstić information content (AvgIpc) is 3.27. The molecule has 0 radical (unpaired) electrons. The molecular weight excluding hydrogens is 484 g/mol. The van der Waals surface area contributed by atoms with Gasteiger partial charge in [-0.1, -0.05) is 54.6 Å². The van der Waals surface area contributed by atoms with Gasteiger partial charge in [0.15, 0.2) is 5.69 Å². The summed E-state index contributed by atoms with van der Waals surface area (Å²) in [5.41, 5.74) is 5.92. The number of aromatic nitrogens is 2. The van der Waals surface area contributed by atoms with E-state index in [2.05, 4.69) is 86.0 Å². The molecule has 200 valence electrons. The fraction of sp³-hybridized carbons (Fsp3) is 0.303. The highest BCUT2D eigenvalue weighted by Gasteiger charge is 2.51. The van der Waals surface area contributed by atoms with E-state index >= 15 is 0 Å². The number of nitrogens with zero attached hydrogens (tertiary/aromatic N) is 4. The minimum atomic E-state index is -1.19. The molecule has 0 aliphatic carbocycles. The summed E-state index contributed by atoms with van der Waals surface area (Å²) in [6.45, 7) is 14.2. The molecule has 1 aromatic heterocycles. The summed E-state index contributed by atoms with van der Waals surface area (Å²) in [6, 6.07) is 26.4. The van der Waals surface area contributed by atoms with Crippen LogP contribution in [0.2, 0.25) is 0 Å². The van der Waals surface area contributed by atoms with Crippen molar-refractivity contribution in [2.24, 2.45) is 0 Å². The third kappa shape index (κ3) is 4.54. The molecular formula is C33H36N4O2. The molecule has 0 saturated heterocycles. The van der Waals surface area contributed by atoms with Crippen molar-refractivity contribution >= 4 is 17.3 Å². The van der Waals surface area contributed by atoms with E-state index in [1.165, 1.54) is 0 Å². The normalized spacial score (nSPS) is 13.6. The molecule has 4 aromatic rings. The molecule has 0 fully saturated rings. The van der Waals surface area contributed by atoms with Gasteiger partial charge in [0.25, 0.3) is 0 Å². The Bertz CT molecular complexity index is 1390. The Morgan fingerprint density at radius 2 is 1.15 bits per heavy atom. The van der Waals surface area contributed by atoms with E-state index in [1.54, 1.807) is 0 Å². The van der Waals surface area contributed by atoms with Crippen LogP contribution >= 0.6 is 0 Å². The Hall–Kier alpha value is -4.19. The van der Waals surface area contributed by atoms with Crippen LogP contribution in [0.15, 0.2) is 78.9 Å². The second-order valence-corrected chi connectivity index (χ2v) is 9.73. The van der Waals surface area contributed by atoms with Crippen molar-refractivity contribution in [1.29, 1.82) is 0 Å². The second kappa shape index (κ2) is 10.9. The Labute approximate surface area is 231 Å². The third-order valence-corrected chi connectivity index (χ3v) is 7.69. The number of esters is 1. The standard InChI is InChI=1S/C33H36N4O2/c1-6-36(7-2)27-19-15-25(16-20-27)33(26-17-21-28(22-18-26)37(8-3)9-4)31-30(32(38)39-33)35-29(23(5)34-31)24-13-11-10-12-14-24/h10-22H,6-9H2,1-5H3. The molecule has 39 heavy (non-hydrogen) atoms. The number of benzene rings is 3. The van der Waals surface area contributed by atoms with Gasteiger partial charge in [-0.3, -0.25) is 0 Å². The number of ether oxygens (including phenoxy) is 1. The largest absolute Gasteiger partial charge is 0.438 e. The first-order chi connectivity index (χ1) is 19.0. The number of cyclic esters (lactones) is 1. The van der Waals surface area contributed by atoms with Crippen LogP contribution in [0.5, 0.6) is 0 Å². The molecule has 0 amide bonds. The molecule has 0 saturated carbocycles. The van der Waals surface area contributed by atoms with E-state index in [-0.39, 0.29) is 5.69 Å². The van der Waals surface area contributed by atoms with E-state index in [0.29, 0.717) is 11.4 Å². The zero-order valence-corrected chi connectivity index (χ0v) is 23.4. The van der Waals surface area contributed by atoms with Crippen molar-refractivity contribution in [3.63, 3.8) is 0 Å². The number of aryl methyl sites for hydroxylation is 1. The highest BCUT2D eigenvalue weighted by molar-refractivity contribution is 5.94. The first-order valence-corrected chi connectivity index (χ1v) is 13.9. The number of hydrogen-bond acceptors (Lipinski definition) is 6. The van der Waals surface area contributed by atoms with Crippen molar-refractivity contribution in [1.82, 2.24) is 9.97 Å². The van der Waals surface area contributed by atoms with Crippen molar-refractivity contribution in [3.05, 3.63) is 107 Å². The highest BCUT2D eigenvalue weighted by atomic mass is 16.6. The van der Waals surface area contributed by atoms with Gasteiger partial charge in [-0.05, 0) is 58.9 Å². The van der Waals surface area contributed by atoms with Crippen LogP contribution in [0.3, 0.4) is 0 Å². The number of rotatable bonds is 9. The maximum Gasteiger partial charge on any atom is 0.360 e. The predicted molar refractivity (Wildman–Crippen MR) is 158 cm³/mol. The monoisotopic (exact) mass is 520 g/mol. The molecule has 0 N–H and O–H groups in total. The molecule has 6 heteroatoms. The fourth-order valence-corrected chi connectivity index (χ4v) is 5.56. The Balaban J connectivity index is 1.70. The molecule has 1 aliphatic rings. The topological polar surface area (TPSA) is 58.6 Å². The summed E-state index contributed by atoms with van der Waals surface area (Å²) in [4.78, 5) is 28.0. The Morgan fingerprint density at radius 3 is 1.62 bits per heavy atom. The maximum absolute atomic E-state index is 13.5. The summed E-state index contributed by atoms with van der Waals surface area (Å²) in [6.07, 6.45) is 0. The van der Waals surface area contributed by atoms with Gasteiger partial charge in [-0.15, -0.1) is 0 Å². The molecule has 6 nitrogen and oxygen atoms in total. The van der Waals surface area contributed by atoms with Crippen LogP contribution in [-0.2, 0) is 10.3 Å². The van der Waals surface area contributed by atoms with Gasteiger partial charge in [-0.25, -0.2) is 14.8 Å². The summed E-state index contributed by atoms with van der Waals surface area (Å²) in [5, 5.41) is 0. The molecule has 5 rings (SSSR count). The minimum Gasteiger partial charge on any atom is -0.438 e. The zero-order chi connectivity index (χ0) is 27.6. The fourth-order valence-electron chi connectivity index (χ4n) is 5.56. The SMILES string of the molecule is CCN(CC)c1ccc(C2(c3ccc(N(CC)CC)cc3)OC(=O)c3nc(-c4ccccc4)c(C)nc32)cc1. The van der Waals surface area contributed by atoms with Crippen LogP contribution in [0.1, 0.15) is 60.7 Å². The van der Waals surface area contributed by atoms with Gasteiger partial charge in [-0.2, -0.15) is 0 Å². The number of carbonyl (C=O) groups excluding carboxylic acids is 1. The van der Waals surface area contributed by atoms with Gasteiger partial charge < -0.3 is 14.5 Å². The highest BCUT2D eigenvalue weighted by Crippen LogP contribution is 2.47. The third-order valence-electron chi connectivity index (χ3n) is 7.69. The van der Waals surface area contributed by atoms with E-state index in [0.717, 1.165) is 59.9 Å². The van der Waals surface area contributed by atoms with Gasteiger partial charge >= 0.3 is 5.97 Å². The quantitative estimate of drug-likeness (QED) is 0.232. The molecule has 0 bridgehead atoms. The minimum absolute atomic E-state index is 0.264. The second-order valence-electron chi connectivity index (χ2n) is 9.73. The molecule has 0 unspecified atom stereocenters. The number of fused-ring (bicyclic) bond motifs is 1. The lowest BCUT2D eigenvalue weighted by atomic mass is 9.83. The summed E-state index contributed by atoms with van der Waals surface area (Å²) in [7, 11) is 0. The van der Waals surface area contributed by atoms with Crippen LogP contribution < -0.4 is 9.80 Å². The van der Waals surface area contributed by atoms with Gasteiger partial charge in [0.05, 0.1) is 11.4 Å². The van der Waals surface area contributed by atoms with E-state index in [4.69, 9.17) is 14.7 Å². The number of anilines is 2. The molecule has 1 aliphatic heterocycles. The number of hydrogen-bond donors (Lipinski definition) is 0.